The Morgan fingerprint density at radius 2 is 2.26 bits per heavy atom. The maximum absolute atomic E-state index is 9.44. The fourth-order valence-electron chi connectivity index (χ4n) is 6.54. The van der Waals surface area contributed by atoms with Gasteiger partial charge < -0.3 is 19.3 Å². The summed E-state index contributed by atoms with van der Waals surface area (Å²) in [5, 5.41) is 9.44. The molecule has 0 aliphatic carbocycles. The summed E-state index contributed by atoms with van der Waals surface area (Å²) in [5.41, 5.74) is 3.29. The second kappa shape index (κ2) is 5.26. The van der Waals surface area contributed by atoms with Crippen LogP contribution in [0, 0.1) is 11.8 Å². The smallest absolute Gasteiger partial charge is 0.201 e. The monoisotopic (exact) mass is 368 g/mol. The number of nitrogens with zero attached hydrogens (tertiary/aromatic N) is 2. The second-order valence-corrected chi connectivity index (χ2v) is 8.35. The highest BCUT2D eigenvalue weighted by atomic mass is 16.5. The van der Waals surface area contributed by atoms with Crippen LogP contribution in [0.5, 0.6) is 11.5 Å². The third kappa shape index (κ3) is 1.76. The molecule has 1 aromatic rings. The van der Waals surface area contributed by atoms with E-state index in [0.29, 0.717) is 30.5 Å². The number of aliphatic hydroxyl groups excluding tert-OH is 1. The van der Waals surface area contributed by atoms with Crippen molar-refractivity contribution in [3.8, 4) is 11.5 Å². The summed E-state index contributed by atoms with van der Waals surface area (Å²) in [6.07, 6.45) is 4.17. The molecule has 0 radical (unpaired) electrons. The van der Waals surface area contributed by atoms with Crippen LogP contribution in [0.15, 0.2) is 28.8 Å². The number of rotatable bonds is 3. The highest BCUT2D eigenvalue weighted by Crippen LogP contribution is 2.64. The van der Waals surface area contributed by atoms with E-state index in [1.54, 1.807) is 14.2 Å². The molecule has 5 bridgehead atoms. The van der Waals surface area contributed by atoms with Crippen molar-refractivity contribution in [3.05, 3.63) is 29.3 Å². The van der Waals surface area contributed by atoms with Gasteiger partial charge in [-0.1, -0.05) is 11.6 Å². The number of benzene rings is 1. The van der Waals surface area contributed by atoms with E-state index in [1.807, 2.05) is 12.1 Å². The van der Waals surface area contributed by atoms with Crippen molar-refractivity contribution in [2.24, 2.45) is 16.8 Å². The van der Waals surface area contributed by atoms with Crippen LogP contribution >= 0.6 is 0 Å². The maximum atomic E-state index is 9.44. The Labute approximate surface area is 158 Å². The van der Waals surface area contributed by atoms with Crippen molar-refractivity contribution in [2.45, 2.75) is 30.3 Å². The zero-order valence-corrected chi connectivity index (χ0v) is 15.6. The number of fused-ring (bicyclic) bond motifs is 2. The molecule has 5 saturated heterocycles. The summed E-state index contributed by atoms with van der Waals surface area (Å²) in [7, 11) is 3.38. The van der Waals surface area contributed by atoms with Gasteiger partial charge in [-0.2, -0.15) is 0 Å². The Morgan fingerprint density at radius 1 is 1.37 bits per heavy atom. The van der Waals surface area contributed by atoms with Crippen molar-refractivity contribution >= 4 is 11.6 Å². The predicted molar refractivity (Wildman–Crippen MR) is 99.9 cm³/mol. The lowest BCUT2D eigenvalue weighted by atomic mass is 9.68. The molecule has 27 heavy (non-hydrogen) atoms. The van der Waals surface area contributed by atoms with Gasteiger partial charge in [0.15, 0.2) is 0 Å². The number of piperidine rings is 3. The minimum atomic E-state index is -0.198. The normalized spacial score (nSPS) is 41.1. The van der Waals surface area contributed by atoms with Crippen LogP contribution < -0.4 is 9.47 Å². The lowest BCUT2D eigenvalue weighted by molar-refractivity contribution is -0.0154. The van der Waals surface area contributed by atoms with E-state index in [-0.39, 0.29) is 12.0 Å². The molecule has 1 aromatic carbocycles. The molecular formula is C21H24N2O4. The topological polar surface area (TPSA) is 63.5 Å². The van der Waals surface area contributed by atoms with Gasteiger partial charge in [-0.25, -0.2) is 4.99 Å². The van der Waals surface area contributed by atoms with E-state index in [4.69, 9.17) is 19.2 Å². The van der Waals surface area contributed by atoms with Gasteiger partial charge in [0.25, 0.3) is 0 Å². The summed E-state index contributed by atoms with van der Waals surface area (Å²) >= 11 is 0. The Hall–Kier alpha value is -2.05. The molecule has 6 atom stereocenters. The van der Waals surface area contributed by atoms with E-state index in [9.17, 15) is 5.11 Å². The molecule has 0 aromatic heterocycles. The predicted octanol–water partition coefficient (Wildman–Crippen LogP) is 2.03. The quantitative estimate of drug-likeness (QED) is 0.827. The zero-order valence-electron chi connectivity index (χ0n) is 15.6. The average molecular weight is 368 g/mol. The van der Waals surface area contributed by atoms with Crippen molar-refractivity contribution in [3.63, 3.8) is 0 Å². The minimum absolute atomic E-state index is 0.123. The largest absolute Gasteiger partial charge is 0.497 e. The first-order chi connectivity index (χ1) is 13.2. The van der Waals surface area contributed by atoms with Crippen LogP contribution in [0.4, 0.5) is 5.69 Å². The van der Waals surface area contributed by atoms with E-state index in [1.165, 1.54) is 11.1 Å². The second-order valence-electron chi connectivity index (χ2n) is 8.35. The number of aliphatic imine (C=N–C) groups is 1. The third-order valence-electron chi connectivity index (χ3n) is 7.60. The Morgan fingerprint density at radius 3 is 3.04 bits per heavy atom. The molecule has 6 aliphatic rings. The number of hydrogen-bond donors (Lipinski definition) is 1. The van der Waals surface area contributed by atoms with Crippen LogP contribution in [0.1, 0.15) is 18.4 Å². The van der Waals surface area contributed by atoms with Crippen LogP contribution in [-0.4, -0.2) is 62.0 Å². The van der Waals surface area contributed by atoms with Crippen molar-refractivity contribution in [1.82, 2.24) is 4.90 Å². The van der Waals surface area contributed by atoms with Gasteiger partial charge in [-0.05, 0) is 24.8 Å². The summed E-state index contributed by atoms with van der Waals surface area (Å²) in [6.45, 7) is 1.79. The number of aliphatic hydroxyl groups is 1. The molecular weight excluding hydrogens is 344 g/mol. The van der Waals surface area contributed by atoms with Crippen LogP contribution in [-0.2, 0) is 10.2 Å². The van der Waals surface area contributed by atoms with Gasteiger partial charge in [0, 0.05) is 36.2 Å². The van der Waals surface area contributed by atoms with Crippen molar-refractivity contribution < 1.29 is 19.3 Å². The van der Waals surface area contributed by atoms with Gasteiger partial charge in [0.2, 0.25) is 5.90 Å². The Kier molecular flexibility index (Phi) is 3.11. The minimum Gasteiger partial charge on any atom is -0.497 e. The number of methoxy groups -OCH3 is 2. The third-order valence-corrected chi connectivity index (χ3v) is 7.60. The molecule has 7 rings (SSSR count). The van der Waals surface area contributed by atoms with Crippen molar-refractivity contribution in [2.75, 3.05) is 34.0 Å². The molecule has 142 valence electrons. The zero-order chi connectivity index (χ0) is 18.3. The summed E-state index contributed by atoms with van der Waals surface area (Å²) in [4.78, 5) is 7.60. The van der Waals surface area contributed by atoms with Crippen LogP contribution in [0.25, 0.3) is 0 Å². The summed E-state index contributed by atoms with van der Waals surface area (Å²) in [6, 6.07) is 4.94. The molecule has 6 heterocycles. The van der Waals surface area contributed by atoms with E-state index in [2.05, 4.69) is 11.0 Å². The Balaban J connectivity index is 1.54. The van der Waals surface area contributed by atoms with Gasteiger partial charge in [0.1, 0.15) is 17.2 Å². The van der Waals surface area contributed by atoms with E-state index < -0.39 is 0 Å². The number of hydrogen-bond acceptors (Lipinski definition) is 6. The average Bonchev–Trinajstić information content (AvgIpc) is 3.04. The number of ether oxygens (including phenoxy) is 3. The van der Waals surface area contributed by atoms with Gasteiger partial charge in [-0.3, -0.25) is 4.90 Å². The van der Waals surface area contributed by atoms with Crippen molar-refractivity contribution in [1.29, 1.82) is 0 Å². The summed E-state index contributed by atoms with van der Waals surface area (Å²) in [5.74, 6) is 3.42. The fraction of sp³-hybridized carbons (Fsp3) is 0.571. The first-order valence-electron chi connectivity index (χ1n) is 9.75. The lowest BCUT2D eigenvalue weighted by Gasteiger charge is -2.54. The van der Waals surface area contributed by atoms with Gasteiger partial charge in [-0.15, -0.1) is 0 Å². The fourth-order valence-corrected chi connectivity index (χ4v) is 6.54. The maximum Gasteiger partial charge on any atom is 0.201 e. The van der Waals surface area contributed by atoms with Crippen LogP contribution in [0.2, 0.25) is 0 Å². The highest BCUT2D eigenvalue weighted by Gasteiger charge is 2.69. The highest BCUT2D eigenvalue weighted by molar-refractivity contribution is 6.00. The molecule has 5 fully saturated rings. The Bertz CT molecular complexity index is 894. The standard InChI is InChI=1S/C21H24N2O4/c1-25-12-5-15-19(17(6-12)26-2)22-20-21(15)8-16-14(10-27-20)13-7-18(21)23(16)9-11(13)3-4-24/h3,5-6,13-14,16,18,24H,4,7-10H2,1-2H3/b11-3+/t13-,14+,16+,18+,21-/m1/s1. The molecule has 1 unspecified atom stereocenters. The van der Waals surface area contributed by atoms with Gasteiger partial charge in [0.05, 0.1) is 32.8 Å². The first-order valence-corrected chi connectivity index (χ1v) is 9.75. The SMILES string of the molecule is COc1cc(OC)c2c(c1)[C@@]13C[C@H]4[C@@H](COC1=N2)[C@@H]1C[C@@H]3N4C/C1=C\CO. The molecule has 6 heteroatoms. The molecule has 0 amide bonds. The molecule has 6 nitrogen and oxygen atoms in total. The molecule has 6 aliphatic heterocycles. The van der Waals surface area contributed by atoms with Gasteiger partial charge >= 0.3 is 0 Å². The van der Waals surface area contributed by atoms with Crippen LogP contribution in [0.3, 0.4) is 0 Å². The molecule has 1 N–H and O–H groups in total. The van der Waals surface area contributed by atoms with E-state index in [0.717, 1.165) is 42.5 Å². The molecule has 0 saturated carbocycles. The summed E-state index contributed by atoms with van der Waals surface area (Å²) < 4.78 is 17.6. The lowest BCUT2D eigenvalue weighted by Crippen LogP contribution is -2.61. The molecule has 1 spiro atoms. The first kappa shape index (κ1) is 16.0. The van der Waals surface area contributed by atoms with E-state index >= 15 is 0 Å².